The van der Waals surface area contributed by atoms with Gasteiger partial charge in [0.1, 0.15) is 39.7 Å². The largest absolute Gasteiger partial charge is 0.480 e. The van der Waals surface area contributed by atoms with Gasteiger partial charge in [-0.15, -0.1) is 0 Å². The van der Waals surface area contributed by atoms with Crippen molar-refractivity contribution in [2.75, 3.05) is 5.73 Å². The summed E-state index contributed by atoms with van der Waals surface area (Å²) < 4.78 is 41.4. The molecule has 3 unspecified atom stereocenters. The van der Waals surface area contributed by atoms with E-state index in [1.807, 2.05) is 0 Å². The lowest BCUT2D eigenvalue weighted by Crippen LogP contribution is -2.59. The zero-order chi connectivity index (χ0) is 30.2. The number of aromatic nitrogens is 3. The molecule has 2 heterocycles. The van der Waals surface area contributed by atoms with Crippen molar-refractivity contribution in [2.45, 2.75) is 49.8 Å². The van der Waals surface area contributed by atoms with Gasteiger partial charge in [-0.05, 0) is 43.0 Å². The van der Waals surface area contributed by atoms with Gasteiger partial charge in [0.2, 0.25) is 0 Å². The molecule has 0 radical (unpaired) electrons. The number of nitrogen functional groups attached to an aromatic ring is 1. The number of nitrogens with two attached hydrogens (primary N) is 1. The van der Waals surface area contributed by atoms with Crippen molar-refractivity contribution in [1.82, 2.24) is 14.4 Å². The fourth-order valence-electron chi connectivity index (χ4n) is 6.30. The summed E-state index contributed by atoms with van der Waals surface area (Å²) in [4.78, 5) is 47.4. The molecule has 12 heteroatoms. The van der Waals surface area contributed by atoms with Gasteiger partial charge < -0.3 is 15.9 Å². The lowest BCUT2D eigenvalue weighted by molar-refractivity contribution is -0.168. The van der Waals surface area contributed by atoms with Crippen LogP contribution in [0.5, 0.6) is 0 Å². The van der Waals surface area contributed by atoms with Gasteiger partial charge in [-0.25, -0.2) is 9.97 Å². The Bertz CT molecular complexity index is 1800. The number of ketones is 2. The second-order valence-electron chi connectivity index (χ2n) is 11.2. The molecule has 42 heavy (non-hydrogen) atoms. The smallest absolute Gasteiger partial charge is 0.416 e. The number of Topliss-reactive ketones (excluding diaryl/α,β-unsaturated/α-hetero) is 2. The second-order valence-corrected chi connectivity index (χ2v) is 11.2. The van der Waals surface area contributed by atoms with Crippen LogP contribution >= 0.6 is 0 Å². The molecule has 4 aromatic rings. The molecule has 3 aliphatic rings. The molecular formula is C30H25F3N4O5. The third kappa shape index (κ3) is 3.85. The van der Waals surface area contributed by atoms with Crippen LogP contribution in [0.15, 0.2) is 60.9 Å². The summed E-state index contributed by atoms with van der Waals surface area (Å²) in [5, 5.41) is 21.0. The average Bonchev–Trinajstić information content (AvgIpc) is 3.35. The predicted octanol–water partition coefficient (Wildman–Crippen LogP) is 4.29. The number of anilines is 1. The fraction of sp³-hybridized carbons (Fsp3) is 0.300. The number of hydrogen-bond donors (Lipinski definition) is 3. The molecule has 0 amide bonds. The molecule has 0 spiro atoms. The monoisotopic (exact) mass is 578 g/mol. The quantitative estimate of drug-likeness (QED) is 0.297. The first-order chi connectivity index (χ1) is 19.7. The summed E-state index contributed by atoms with van der Waals surface area (Å²) in [6, 6.07) is 10.8. The Labute approximate surface area is 236 Å². The summed E-state index contributed by atoms with van der Waals surface area (Å²) in [5.74, 6) is -1.82. The molecular weight excluding hydrogens is 553 g/mol. The van der Waals surface area contributed by atoms with Crippen LogP contribution < -0.4 is 5.73 Å². The molecule has 3 saturated carbocycles. The van der Waals surface area contributed by atoms with Gasteiger partial charge in [-0.2, -0.15) is 13.2 Å². The van der Waals surface area contributed by atoms with E-state index in [-0.39, 0.29) is 42.3 Å². The maximum atomic E-state index is 13.5. The molecule has 0 aliphatic heterocycles. The molecule has 3 fully saturated rings. The zero-order valence-electron chi connectivity index (χ0n) is 22.3. The van der Waals surface area contributed by atoms with Crippen LogP contribution in [0.1, 0.15) is 55.1 Å². The first kappa shape index (κ1) is 27.6. The Morgan fingerprint density at radius 1 is 1.00 bits per heavy atom. The summed E-state index contributed by atoms with van der Waals surface area (Å²) in [7, 11) is 0. The van der Waals surface area contributed by atoms with E-state index in [9.17, 15) is 37.8 Å². The molecule has 7 rings (SSSR count). The van der Waals surface area contributed by atoms with Crippen LogP contribution in [0.3, 0.4) is 0 Å². The van der Waals surface area contributed by atoms with Crippen molar-refractivity contribution in [3.8, 4) is 11.3 Å². The van der Waals surface area contributed by atoms with Crippen LogP contribution in [-0.4, -0.2) is 42.1 Å². The van der Waals surface area contributed by atoms with Crippen LogP contribution in [0.25, 0.3) is 16.8 Å². The highest BCUT2D eigenvalue weighted by atomic mass is 19.4. The number of carboxylic acids is 1. The van der Waals surface area contributed by atoms with E-state index >= 15 is 0 Å². The average molecular weight is 579 g/mol. The topological polar surface area (TPSA) is 148 Å². The fourth-order valence-corrected chi connectivity index (χ4v) is 6.30. The van der Waals surface area contributed by atoms with Gasteiger partial charge in [-0.3, -0.25) is 18.8 Å². The number of fused-ring (bicyclic) bond motifs is 4. The van der Waals surface area contributed by atoms with Crippen LogP contribution in [-0.2, 0) is 31.6 Å². The SMILES string of the molecule is CC(O)(c1ccc(-c2nc(C34CCC(C(=O)O)(CC3=O)C(=O)C4)n3ccnc(N)c23)cc1)c1cccc(C(F)(F)F)c1. The number of nitrogens with zero attached hydrogens (tertiary/aromatic N) is 3. The first-order valence-electron chi connectivity index (χ1n) is 13.1. The summed E-state index contributed by atoms with van der Waals surface area (Å²) in [6.45, 7) is 1.40. The number of alkyl halides is 3. The highest BCUT2D eigenvalue weighted by molar-refractivity contribution is 6.14. The molecule has 2 aromatic carbocycles. The van der Waals surface area contributed by atoms with Crippen molar-refractivity contribution < 1.29 is 37.8 Å². The van der Waals surface area contributed by atoms with Crippen molar-refractivity contribution in [3.05, 3.63) is 83.4 Å². The maximum Gasteiger partial charge on any atom is 0.416 e. The number of halogens is 3. The van der Waals surface area contributed by atoms with Crippen molar-refractivity contribution in [2.24, 2.45) is 5.41 Å². The van der Waals surface area contributed by atoms with Gasteiger partial charge in [0, 0.05) is 30.8 Å². The third-order valence-corrected chi connectivity index (χ3v) is 8.86. The normalized spacial score (nSPS) is 23.7. The standard InChI is InChI=1S/C30H25F3N4O5/c1-27(42,18-3-2-4-19(13-18)30(31,32)33)17-7-5-16(6-8-17)22-23-24(34)35-11-12-37(23)25(36-22)28-9-10-29(26(40)41,15-20(28)38)21(39)14-28/h2-8,11-13,42H,9-10,14-15H2,1H3,(H2,34,35)(H,40,41). The number of carbonyl (C=O) groups is 3. The Balaban J connectivity index is 1.43. The molecule has 9 nitrogen and oxygen atoms in total. The number of aliphatic carboxylic acids is 1. The Hall–Kier alpha value is -4.58. The van der Waals surface area contributed by atoms with Gasteiger partial charge in [0.25, 0.3) is 0 Å². The van der Waals surface area contributed by atoms with E-state index < -0.39 is 46.3 Å². The predicted molar refractivity (Wildman–Crippen MR) is 143 cm³/mol. The number of rotatable bonds is 5. The lowest BCUT2D eigenvalue weighted by Gasteiger charge is -2.47. The van der Waals surface area contributed by atoms with Gasteiger partial charge in [-0.1, -0.05) is 36.4 Å². The van der Waals surface area contributed by atoms with Crippen molar-refractivity contribution in [3.63, 3.8) is 0 Å². The van der Waals surface area contributed by atoms with E-state index in [4.69, 9.17) is 10.7 Å². The minimum absolute atomic E-state index is 0.0110. The van der Waals surface area contributed by atoms with Crippen LogP contribution in [0.4, 0.5) is 19.0 Å². The van der Waals surface area contributed by atoms with Crippen molar-refractivity contribution >= 4 is 28.9 Å². The Morgan fingerprint density at radius 2 is 1.69 bits per heavy atom. The lowest BCUT2D eigenvalue weighted by atomic mass is 9.52. The van der Waals surface area contributed by atoms with Crippen LogP contribution in [0.2, 0.25) is 0 Å². The second kappa shape index (κ2) is 8.96. The Kier molecular flexibility index (Phi) is 5.88. The maximum absolute atomic E-state index is 13.5. The summed E-state index contributed by atoms with van der Waals surface area (Å²) >= 11 is 0. The number of hydrogen-bond acceptors (Lipinski definition) is 7. The highest BCUT2D eigenvalue weighted by Crippen LogP contribution is 2.54. The van der Waals surface area contributed by atoms with Gasteiger partial charge >= 0.3 is 12.1 Å². The van der Waals surface area contributed by atoms with Crippen LogP contribution in [0, 0.1) is 5.41 Å². The van der Waals surface area contributed by atoms with E-state index in [0.29, 0.717) is 22.3 Å². The molecule has 3 atom stereocenters. The number of benzene rings is 2. The summed E-state index contributed by atoms with van der Waals surface area (Å²) in [5.41, 5.74) is 2.20. The minimum Gasteiger partial charge on any atom is -0.480 e. The molecule has 0 saturated heterocycles. The first-order valence-corrected chi connectivity index (χ1v) is 13.1. The van der Waals surface area contributed by atoms with Gasteiger partial charge in [0.05, 0.1) is 11.0 Å². The van der Waals surface area contributed by atoms with E-state index in [1.165, 1.54) is 25.3 Å². The molecule has 216 valence electrons. The van der Waals surface area contributed by atoms with Gasteiger partial charge in [0.15, 0.2) is 5.78 Å². The minimum atomic E-state index is -4.57. The summed E-state index contributed by atoms with van der Waals surface area (Å²) in [6.07, 6.45) is -2.13. The molecule has 2 bridgehead atoms. The van der Waals surface area contributed by atoms with E-state index in [2.05, 4.69) is 4.98 Å². The third-order valence-electron chi connectivity index (χ3n) is 8.86. The molecule has 3 aliphatic carbocycles. The van der Waals surface area contributed by atoms with E-state index in [1.54, 1.807) is 34.9 Å². The molecule has 4 N–H and O–H groups in total. The number of aliphatic hydroxyl groups is 1. The van der Waals surface area contributed by atoms with E-state index in [0.717, 1.165) is 12.1 Å². The zero-order valence-corrected chi connectivity index (χ0v) is 22.3. The number of imidazole rings is 1. The molecule has 2 aromatic heterocycles. The Morgan fingerprint density at radius 3 is 2.31 bits per heavy atom. The number of carbonyl (C=O) groups excluding carboxylic acids is 2. The number of carboxylic acid groups (broad SMARTS) is 1. The van der Waals surface area contributed by atoms with Crippen molar-refractivity contribution in [1.29, 1.82) is 0 Å². The highest BCUT2D eigenvalue weighted by Gasteiger charge is 2.64.